The van der Waals surface area contributed by atoms with Crippen molar-refractivity contribution in [1.82, 2.24) is 0 Å². The Morgan fingerprint density at radius 1 is 0.688 bits per heavy atom. The van der Waals surface area contributed by atoms with Crippen LogP contribution in [0.1, 0.15) is 54.4 Å². The highest BCUT2D eigenvalue weighted by Gasteiger charge is 2.49. The SMILES string of the molecule is CCOP(=O)(OCC)C(CC)O[Si](C)(OC(CC)P(=O)(OCC)OCC)c1ccccc1. The van der Waals surface area contributed by atoms with Crippen molar-refractivity contribution in [2.45, 2.75) is 72.6 Å². The standard InChI is InChI=1S/C21H40O8P2Si/c1-8-20(30(22,24-10-3)25-11-4)28-32(7,19-17-15-14-16-18-19)29-21(9-2)31(23,26-12-5)27-13-6/h14-18,20-21H,8-13H2,1-7H3. The molecule has 186 valence electrons. The Labute approximate surface area is 194 Å². The Bertz CT molecular complexity index is 689. The smallest absolute Gasteiger partial charge is 0.370 e. The van der Waals surface area contributed by atoms with E-state index in [1.54, 1.807) is 27.7 Å². The molecule has 0 saturated heterocycles. The Hall–Kier alpha value is -0.343. The zero-order chi connectivity index (χ0) is 24.3. The molecule has 0 aliphatic rings. The molecule has 0 spiro atoms. The maximum atomic E-state index is 13.5. The van der Waals surface area contributed by atoms with Gasteiger partial charge in [-0.25, -0.2) is 0 Å². The monoisotopic (exact) mass is 510 g/mol. The van der Waals surface area contributed by atoms with Gasteiger partial charge in [0.2, 0.25) is 0 Å². The third kappa shape index (κ3) is 7.86. The number of benzene rings is 1. The third-order valence-electron chi connectivity index (χ3n) is 4.66. The van der Waals surface area contributed by atoms with Gasteiger partial charge < -0.3 is 26.9 Å². The van der Waals surface area contributed by atoms with Crippen LogP contribution in [0.3, 0.4) is 0 Å². The molecule has 0 aromatic heterocycles. The molecule has 0 fully saturated rings. The lowest BCUT2D eigenvalue weighted by atomic mass is 10.4. The zero-order valence-corrected chi connectivity index (χ0v) is 23.2. The fraction of sp³-hybridized carbons (Fsp3) is 0.714. The molecular formula is C21H40O8P2Si. The predicted molar refractivity (Wildman–Crippen MR) is 130 cm³/mol. The van der Waals surface area contributed by atoms with Gasteiger partial charge in [0.05, 0.1) is 26.4 Å². The summed E-state index contributed by atoms with van der Waals surface area (Å²) < 4.78 is 62.2. The largest absolute Gasteiger partial charge is 0.376 e. The Morgan fingerprint density at radius 3 is 1.31 bits per heavy atom. The maximum Gasteiger partial charge on any atom is 0.370 e. The van der Waals surface area contributed by atoms with Gasteiger partial charge in [-0.15, -0.1) is 0 Å². The van der Waals surface area contributed by atoms with Gasteiger partial charge in [-0.05, 0) is 52.3 Å². The van der Waals surface area contributed by atoms with E-state index in [9.17, 15) is 9.13 Å². The third-order valence-corrected chi connectivity index (χ3v) is 12.7. The second kappa shape index (κ2) is 14.1. The van der Waals surface area contributed by atoms with Crippen LogP contribution in [-0.4, -0.2) is 46.7 Å². The zero-order valence-electron chi connectivity index (χ0n) is 20.4. The summed E-state index contributed by atoms with van der Waals surface area (Å²) >= 11 is 0. The Balaban J connectivity index is 3.44. The first-order valence-electron chi connectivity index (χ1n) is 11.4. The molecular weight excluding hydrogens is 470 g/mol. The minimum Gasteiger partial charge on any atom is -0.376 e. The average molecular weight is 511 g/mol. The van der Waals surface area contributed by atoms with E-state index in [4.69, 9.17) is 26.9 Å². The summed E-state index contributed by atoms with van der Waals surface area (Å²) in [6, 6.07) is 9.44. The van der Waals surface area contributed by atoms with Crippen molar-refractivity contribution in [3.8, 4) is 0 Å². The molecule has 8 nitrogen and oxygen atoms in total. The molecule has 1 aromatic carbocycles. The van der Waals surface area contributed by atoms with Crippen LogP contribution < -0.4 is 5.19 Å². The highest BCUT2D eigenvalue weighted by molar-refractivity contribution is 7.55. The van der Waals surface area contributed by atoms with Crippen LogP contribution in [0, 0.1) is 0 Å². The van der Waals surface area contributed by atoms with E-state index in [0.29, 0.717) is 12.8 Å². The van der Waals surface area contributed by atoms with Gasteiger partial charge in [-0.2, -0.15) is 0 Å². The lowest BCUT2D eigenvalue weighted by Gasteiger charge is -2.37. The Kier molecular flexibility index (Phi) is 13.1. The van der Waals surface area contributed by atoms with Crippen LogP contribution in [0.15, 0.2) is 30.3 Å². The van der Waals surface area contributed by atoms with Crippen LogP contribution in [0.5, 0.6) is 0 Å². The number of rotatable bonds is 17. The summed E-state index contributed by atoms with van der Waals surface area (Å²) in [4.78, 5) is 0. The second-order valence-electron chi connectivity index (χ2n) is 7.02. The van der Waals surface area contributed by atoms with Crippen molar-refractivity contribution in [1.29, 1.82) is 0 Å². The van der Waals surface area contributed by atoms with E-state index in [1.165, 1.54) is 0 Å². The lowest BCUT2D eigenvalue weighted by molar-refractivity contribution is 0.0962. The minimum atomic E-state index is -3.56. The summed E-state index contributed by atoms with van der Waals surface area (Å²) in [5, 5.41) is 0.802. The van der Waals surface area contributed by atoms with Crippen LogP contribution in [0.4, 0.5) is 0 Å². The van der Waals surface area contributed by atoms with E-state index in [2.05, 4.69) is 0 Å². The fourth-order valence-electron chi connectivity index (χ4n) is 3.29. The first kappa shape index (κ1) is 29.7. The van der Waals surface area contributed by atoms with Crippen molar-refractivity contribution in [3.63, 3.8) is 0 Å². The van der Waals surface area contributed by atoms with Gasteiger partial charge in [0.25, 0.3) is 0 Å². The van der Waals surface area contributed by atoms with Crippen LogP contribution >= 0.6 is 15.2 Å². The molecule has 0 saturated carbocycles. The summed E-state index contributed by atoms with van der Waals surface area (Å²) in [6.07, 6.45) is 0.781. The van der Waals surface area contributed by atoms with Crippen LogP contribution in [0.25, 0.3) is 0 Å². The molecule has 0 N–H and O–H groups in total. The molecule has 2 unspecified atom stereocenters. The first-order chi connectivity index (χ1) is 15.2. The molecule has 0 bridgehead atoms. The van der Waals surface area contributed by atoms with Crippen molar-refractivity contribution in [2.75, 3.05) is 26.4 Å². The Morgan fingerprint density at radius 2 is 1.03 bits per heavy atom. The minimum absolute atomic E-state index is 0.225. The lowest BCUT2D eigenvalue weighted by Crippen LogP contribution is -2.55. The van der Waals surface area contributed by atoms with Crippen LogP contribution in [-0.2, 0) is 36.1 Å². The molecule has 1 rings (SSSR count). The fourth-order valence-corrected chi connectivity index (χ4v) is 11.2. The quantitative estimate of drug-likeness (QED) is 0.186. The highest BCUT2D eigenvalue weighted by Crippen LogP contribution is 2.57. The number of hydrogen-bond donors (Lipinski definition) is 0. The summed E-state index contributed by atoms with van der Waals surface area (Å²) in [6.45, 7) is 13.5. The summed E-state index contributed by atoms with van der Waals surface area (Å²) in [5.41, 5.74) is 0. The van der Waals surface area contributed by atoms with Gasteiger partial charge in [0.15, 0.2) is 0 Å². The molecule has 0 radical (unpaired) electrons. The molecule has 0 aliphatic carbocycles. The summed E-state index contributed by atoms with van der Waals surface area (Å²) in [5.74, 6) is -1.68. The highest BCUT2D eigenvalue weighted by atomic mass is 31.2. The van der Waals surface area contributed by atoms with E-state index in [0.717, 1.165) is 5.19 Å². The molecule has 0 aliphatic heterocycles. The van der Waals surface area contributed by atoms with Crippen molar-refractivity contribution in [3.05, 3.63) is 30.3 Å². The van der Waals surface area contributed by atoms with E-state index >= 15 is 0 Å². The van der Waals surface area contributed by atoms with Crippen molar-refractivity contribution < 1.29 is 36.1 Å². The van der Waals surface area contributed by atoms with Crippen LogP contribution in [0.2, 0.25) is 6.55 Å². The van der Waals surface area contributed by atoms with Gasteiger partial charge in [0.1, 0.15) is 11.7 Å². The molecule has 1 aromatic rings. The summed E-state index contributed by atoms with van der Waals surface area (Å²) in [7, 11) is -10.4. The van der Waals surface area contributed by atoms with Gasteiger partial charge in [-0.3, -0.25) is 9.13 Å². The topological polar surface area (TPSA) is 89.5 Å². The van der Waals surface area contributed by atoms with E-state index in [-0.39, 0.29) is 26.4 Å². The maximum absolute atomic E-state index is 13.5. The normalized spacial score (nSPS) is 16.5. The van der Waals surface area contributed by atoms with Crippen molar-refractivity contribution in [2.24, 2.45) is 0 Å². The first-order valence-corrected chi connectivity index (χ1v) is 16.9. The molecule has 2 atom stereocenters. The average Bonchev–Trinajstić information content (AvgIpc) is 2.77. The molecule has 0 amide bonds. The van der Waals surface area contributed by atoms with E-state index < -0.39 is 35.4 Å². The van der Waals surface area contributed by atoms with Gasteiger partial charge >= 0.3 is 23.8 Å². The molecule has 11 heteroatoms. The van der Waals surface area contributed by atoms with Gasteiger partial charge in [-0.1, -0.05) is 44.2 Å². The van der Waals surface area contributed by atoms with E-state index in [1.807, 2.05) is 50.7 Å². The predicted octanol–water partition coefficient (Wildman–Crippen LogP) is 6.00. The molecule has 0 heterocycles. The molecule has 32 heavy (non-hydrogen) atoms. The van der Waals surface area contributed by atoms with Gasteiger partial charge in [0, 0.05) is 0 Å². The van der Waals surface area contributed by atoms with Crippen molar-refractivity contribution >= 4 is 28.9 Å². The second-order valence-corrected chi connectivity index (χ2v) is 14.3. The number of hydrogen-bond acceptors (Lipinski definition) is 8.